The van der Waals surface area contributed by atoms with Gasteiger partial charge in [0.1, 0.15) is 0 Å². The van der Waals surface area contributed by atoms with E-state index in [0.717, 1.165) is 10.7 Å². The zero-order chi connectivity index (χ0) is 13.9. The van der Waals surface area contributed by atoms with Gasteiger partial charge in [0.15, 0.2) is 12.6 Å². The first kappa shape index (κ1) is 22.5. The Bertz CT molecular complexity index is 166. The molecule has 0 spiro atoms. The van der Waals surface area contributed by atoms with Gasteiger partial charge in [-0.2, -0.15) is 0 Å². The largest absolute Gasteiger partial charge is 0.298 e. The molecule has 17 heavy (non-hydrogen) atoms. The Morgan fingerprint density at radius 1 is 1.24 bits per heavy atom. The van der Waals surface area contributed by atoms with Gasteiger partial charge in [-0.3, -0.25) is 9.59 Å². The second-order valence-electron chi connectivity index (χ2n) is 3.02. The molecule has 3 nitrogen and oxygen atoms in total. The van der Waals surface area contributed by atoms with Gasteiger partial charge in [0, 0.05) is 10.7 Å². The molecule has 0 amide bonds. The fourth-order valence-corrected chi connectivity index (χ4v) is 3.03. The Balaban J connectivity index is -0.000000205. The van der Waals surface area contributed by atoms with Crippen molar-refractivity contribution < 1.29 is 9.59 Å². The summed E-state index contributed by atoms with van der Waals surface area (Å²) in [5.41, 5.74) is 5.59. The molecule has 0 aromatic heterocycles. The molecule has 1 unspecified atom stereocenters. The van der Waals surface area contributed by atoms with Crippen LogP contribution in [0.15, 0.2) is 0 Å². The SMILES string of the molecule is C[CH2][Sn][CH2]CCC(C)N.O=CC=S.O=CC=S. The van der Waals surface area contributed by atoms with Crippen molar-refractivity contribution in [3.8, 4) is 0 Å². The van der Waals surface area contributed by atoms with Crippen molar-refractivity contribution in [2.45, 2.75) is 41.6 Å². The number of nitrogens with two attached hydrogens (primary N) is 1. The summed E-state index contributed by atoms with van der Waals surface area (Å²) in [5.74, 6) is 0. The van der Waals surface area contributed by atoms with Crippen molar-refractivity contribution in [1.29, 1.82) is 0 Å². The molecule has 0 aliphatic heterocycles. The number of carbonyl (C=O) groups excluding carboxylic acids is 2. The van der Waals surface area contributed by atoms with Crippen molar-refractivity contribution in [3.63, 3.8) is 0 Å². The first-order valence-corrected chi connectivity index (χ1v) is 10.3. The Morgan fingerprint density at radius 3 is 1.88 bits per heavy atom. The van der Waals surface area contributed by atoms with Gasteiger partial charge in [0.05, 0.1) is 0 Å². The van der Waals surface area contributed by atoms with Crippen LogP contribution in [-0.4, -0.2) is 50.5 Å². The molecule has 0 rings (SSSR count). The molecule has 0 saturated heterocycles. The van der Waals surface area contributed by atoms with Gasteiger partial charge in [0.25, 0.3) is 0 Å². The van der Waals surface area contributed by atoms with Crippen molar-refractivity contribution in [2.24, 2.45) is 5.73 Å². The maximum atomic E-state index is 9.01. The standard InChI is InChI=1S/C5H12N.2C2H2OS.C2H5.Sn/c1-3-4-5(2)6;2*3-1-2-4;1-2;/h5H,1,3-4,6H2,2H3;2*1-2H;1H2,2H3;. The summed E-state index contributed by atoms with van der Waals surface area (Å²) in [4.78, 5) is 18.0. The fourth-order valence-electron chi connectivity index (χ4n) is 0.726. The summed E-state index contributed by atoms with van der Waals surface area (Å²) in [6, 6.07) is 0.432. The quantitative estimate of drug-likeness (QED) is 0.316. The van der Waals surface area contributed by atoms with Crippen LogP contribution in [-0.2, 0) is 9.59 Å². The van der Waals surface area contributed by atoms with Gasteiger partial charge in [-0.05, 0) is 0 Å². The zero-order valence-electron chi connectivity index (χ0n) is 10.4. The third kappa shape index (κ3) is 48.4. The molecule has 0 heterocycles. The van der Waals surface area contributed by atoms with Crippen LogP contribution < -0.4 is 5.73 Å². The van der Waals surface area contributed by atoms with E-state index in [1.54, 1.807) is 0 Å². The average Bonchev–Trinajstić information content (AvgIpc) is 2.35. The van der Waals surface area contributed by atoms with E-state index >= 15 is 0 Å². The van der Waals surface area contributed by atoms with E-state index in [4.69, 9.17) is 15.3 Å². The number of aldehydes is 2. The Labute approximate surface area is 125 Å². The summed E-state index contributed by atoms with van der Waals surface area (Å²) >= 11 is 8.21. The monoisotopic (exact) mass is 383 g/mol. The number of hydrogen-bond donors (Lipinski definition) is 1. The number of hydrogen-bond acceptors (Lipinski definition) is 5. The van der Waals surface area contributed by atoms with Crippen molar-refractivity contribution >= 4 is 68.9 Å². The number of rotatable bonds is 7. The molecule has 0 saturated carbocycles. The van der Waals surface area contributed by atoms with E-state index in [9.17, 15) is 0 Å². The molecule has 2 N–H and O–H groups in total. The van der Waals surface area contributed by atoms with Crippen LogP contribution in [0.3, 0.4) is 0 Å². The third-order valence-electron chi connectivity index (χ3n) is 1.37. The minimum absolute atomic E-state index is 0.0892. The number of carbonyl (C=O) groups is 2. The van der Waals surface area contributed by atoms with Gasteiger partial charge in [-0.15, -0.1) is 0 Å². The van der Waals surface area contributed by atoms with E-state index in [0.29, 0.717) is 18.6 Å². The van der Waals surface area contributed by atoms with Crippen LogP contribution in [0.25, 0.3) is 0 Å². The van der Waals surface area contributed by atoms with E-state index in [2.05, 4.69) is 38.3 Å². The summed E-state index contributed by atoms with van der Waals surface area (Å²) in [7, 11) is 0. The van der Waals surface area contributed by atoms with Crippen molar-refractivity contribution in [2.75, 3.05) is 0 Å². The van der Waals surface area contributed by atoms with E-state index in [1.165, 1.54) is 21.7 Å². The summed E-state index contributed by atoms with van der Waals surface area (Å²) in [6.45, 7) is 4.40. The molecule has 98 valence electrons. The minimum Gasteiger partial charge on any atom is -0.298 e. The van der Waals surface area contributed by atoms with Gasteiger partial charge in [-0.1, -0.05) is 24.4 Å². The molecule has 0 aliphatic carbocycles. The average molecular weight is 382 g/mol. The molecule has 6 heteroatoms. The smallest absolute Gasteiger partial charge is 0.153 e. The van der Waals surface area contributed by atoms with Crippen LogP contribution in [0.1, 0.15) is 26.7 Å². The topological polar surface area (TPSA) is 60.2 Å². The molecule has 2 radical (unpaired) electrons. The van der Waals surface area contributed by atoms with Gasteiger partial charge in [0.2, 0.25) is 0 Å². The first-order chi connectivity index (χ1) is 8.10. The second kappa shape index (κ2) is 25.2. The molecule has 0 aromatic carbocycles. The van der Waals surface area contributed by atoms with Crippen molar-refractivity contribution in [3.05, 3.63) is 0 Å². The fraction of sp³-hybridized carbons (Fsp3) is 0.636. The predicted octanol–water partition coefficient (Wildman–Crippen LogP) is 2.04. The second-order valence-corrected chi connectivity index (χ2v) is 8.43. The molecule has 1 atom stereocenters. The van der Waals surface area contributed by atoms with E-state index in [1.807, 2.05) is 0 Å². The van der Waals surface area contributed by atoms with E-state index in [-0.39, 0.29) is 21.1 Å². The Hall–Kier alpha value is 0.279. The maximum absolute atomic E-state index is 9.01. The molecule has 0 aromatic rings. The molecular weight excluding hydrogens is 361 g/mol. The predicted molar refractivity (Wildman–Crippen MR) is 83.4 cm³/mol. The molecular formula is C11H21NO2S2Sn. The van der Waals surface area contributed by atoms with Crippen LogP contribution in [0.4, 0.5) is 0 Å². The van der Waals surface area contributed by atoms with Crippen LogP contribution in [0, 0.1) is 0 Å². The van der Waals surface area contributed by atoms with Crippen LogP contribution >= 0.6 is 24.4 Å². The first-order valence-electron chi connectivity index (χ1n) is 5.34. The van der Waals surface area contributed by atoms with Gasteiger partial charge < -0.3 is 0 Å². The van der Waals surface area contributed by atoms with Crippen LogP contribution in [0.2, 0.25) is 8.87 Å². The normalized spacial score (nSPS) is 9.59. The van der Waals surface area contributed by atoms with Gasteiger partial charge >= 0.3 is 68.5 Å². The van der Waals surface area contributed by atoms with Crippen LogP contribution in [0.5, 0.6) is 0 Å². The summed E-state index contributed by atoms with van der Waals surface area (Å²) in [5, 5.41) is 2.06. The summed E-state index contributed by atoms with van der Waals surface area (Å²) in [6.07, 6.45) is 3.75. The van der Waals surface area contributed by atoms with Gasteiger partial charge in [-0.25, -0.2) is 0 Å². The molecule has 0 bridgehead atoms. The Morgan fingerprint density at radius 2 is 1.65 bits per heavy atom. The zero-order valence-corrected chi connectivity index (χ0v) is 14.9. The minimum atomic E-state index is 0.0892. The third-order valence-corrected chi connectivity index (χ3v) is 5.04. The number of thiocarbonyl (C=S) groups is 2. The van der Waals surface area contributed by atoms with E-state index < -0.39 is 0 Å². The Kier molecular flexibility index (Phi) is 33.3. The van der Waals surface area contributed by atoms with Crippen molar-refractivity contribution in [1.82, 2.24) is 0 Å². The summed E-state index contributed by atoms with van der Waals surface area (Å²) < 4.78 is 3.02. The molecule has 0 fully saturated rings. The maximum Gasteiger partial charge on any atom is 0.153 e. The molecule has 0 aliphatic rings.